The van der Waals surface area contributed by atoms with Crippen LogP contribution in [0.1, 0.15) is 86.8 Å². The second kappa shape index (κ2) is 9.12. The van der Waals surface area contributed by atoms with Crippen LogP contribution < -0.4 is 5.32 Å². The van der Waals surface area contributed by atoms with E-state index in [1.807, 2.05) is 19.1 Å². The number of halogens is 4. The minimum absolute atomic E-state index is 0.0193. The molecule has 164 valence electrons. The average Bonchev–Trinajstić information content (AvgIpc) is 3.48. The molecular formula is C22H27BrF3N3O. The van der Waals surface area contributed by atoms with Crippen LogP contribution in [-0.2, 0) is 17.5 Å². The molecule has 1 amide bonds. The number of nitrogens with one attached hydrogen (secondary N) is 1. The van der Waals surface area contributed by atoms with Crippen molar-refractivity contribution in [3.05, 3.63) is 51.3 Å². The Morgan fingerprint density at radius 3 is 2.30 bits per heavy atom. The molecule has 2 aromatic rings. The van der Waals surface area contributed by atoms with E-state index < -0.39 is 11.9 Å². The van der Waals surface area contributed by atoms with Gasteiger partial charge in [0.15, 0.2) is 5.69 Å². The van der Waals surface area contributed by atoms with Gasteiger partial charge in [-0.25, -0.2) is 0 Å². The number of hydrogen-bond acceptors (Lipinski definition) is 2. The van der Waals surface area contributed by atoms with Gasteiger partial charge in [-0.1, -0.05) is 45.0 Å². The molecule has 0 bridgehead atoms. The zero-order valence-electron chi connectivity index (χ0n) is 17.4. The van der Waals surface area contributed by atoms with E-state index in [1.54, 1.807) is 0 Å². The zero-order chi connectivity index (χ0) is 22.1. The Labute approximate surface area is 183 Å². The standard InChI is InChI=1S/C22H27BrF3N3O/c1-4-13(3)14-6-8-15(9-7-14)17(5-2)27-18(30)12-29-20(16-10-11-16)19(23)21(28-29)22(24,25)26/h6-9,13,16-17H,4-5,10-12H2,1-3H3,(H,27,30). The average molecular weight is 486 g/mol. The lowest BCUT2D eigenvalue weighted by molar-refractivity contribution is -0.142. The summed E-state index contributed by atoms with van der Waals surface area (Å²) in [6.07, 6.45) is -1.21. The van der Waals surface area contributed by atoms with Crippen LogP contribution in [0, 0.1) is 0 Å². The van der Waals surface area contributed by atoms with Crippen LogP contribution in [0.3, 0.4) is 0 Å². The van der Waals surface area contributed by atoms with E-state index in [-0.39, 0.29) is 28.9 Å². The van der Waals surface area contributed by atoms with Gasteiger partial charge in [0, 0.05) is 5.92 Å². The minimum atomic E-state index is -4.56. The van der Waals surface area contributed by atoms with E-state index in [9.17, 15) is 18.0 Å². The highest BCUT2D eigenvalue weighted by Crippen LogP contribution is 2.46. The maximum atomic E-state index is 13.3. The third-order valence-electron chi connectivity index (χ3n) is 5.72. The fourth-order valence-corrected chi connectivity index (χ4v) is 4.42. The van der Waals surface area contributed by atoms with Crippen molar-refractivity contribution in [3.8, 4) is 0 Å². The van der Waals surface area contributed by atoms with Crippen molar-refractivity contribution in [2.75, 3.05) is 0 Å². The summed E-state index contributed by atoms with van der Waals surface area (Å²) in [6, 6.07) is 7.97. The largest absolute Gasteiger partial charge is 0.436 e. The molecule has 1 N–H and O–H groups in total. The number of alkyl halides is 3. The third kappa shape index (κ3) is 5.07. The Morgan fingerprint density at radius 1 is 1.20 bits per heavy atom. The van der Waals surface area contributed by atoms with Gasteiger partial charge in [-0.2, -0.15) is 18.3 Å². The summed E-state index contributed by atoms with van der Waals surface area (Å²) >= 11 is 3.06. The molecule has 1 aromatic heterocycles. The molecule has 4 nitrogen and oxygen atoms in total. The molecule has 0 spiro atoms. The molecule has 1 heterocycles. The first-order valence-electron chi connectivity index (χ1n) is 10.4. The maximum absolute atomic E-state index is 13.3. The van der Waals surface area contributed by atoms with Crippen molar-refractivity contribution in [2.24, 2.45) is 0 Å². The minimum Gasteiger partial charge on any atom is -0.348 e. The number of hydrogen-bond donors (Lipinski definition) is 1. The molecule has 1 aliphatic carbocycles. The van der Waals surface area contributed by atoms with Crippen molar-refractivity contribution in [3.63, 3.8) is 0 Å². The van der Waals surface area contributed by atoms with E-state index >= 15 is 0 Å². The predicted octanol–water partition coefficient (Wildman–Crippen LogP) is 6.32. The normalized spacial score (nSPS) is 16.4. The summed E-state index contributed by atoms with van der Waals surface area (Å²) in [5.41, 5.74) is 1.73. The monoisotopic (exact) mass is 485 g/mol. The molecule has 0 saturated heterocycles. The Balaban J connectivity index is 1.74. The van der Waals surface area contributed by atoms with Crippen molar-refractivity contribution >= 4 is 21.8 Å². The number of carbonyl (C=O) groups is 1. The van der Waals surface area contributed by atoms with Gasteiger partial charge >= 0.3 is 6.18 Å². The smallest absolute Gasteiger partial charge is 0.348 e. The number of aromatic nitrogens is 2. The highest BCUT2D eigenvalue weighted by Gasteiger charge is 2.42. The third-order valence-corrected chi connectivity index (χ3v) is 6.50. The molecular weight excluding hydrogens is 459 g/mol. The summed E-state index contributed by atoms with van der Waals surface area (Å²) in [4.78, 5) is 12.7. The summed E-state index contributed by atoms with van der Waals surface area (Å²) in [7, 11) is 0. The molecule has 30 heavy (non-hydrogen) atoms. The lowest BCUT2D eigenvalue weighted by atomic mass is 9.95. The van der Waals surface area contributed by atoms with E-state index in [2.05, 4.69) is 52.3 Å². The molecule has 3 rings (SSSR count). The molecule has 2 atom stereocenters. The van der Waals surface area contributed by atoms with Crippen molar-refractivity contribution in [1.29, 1.82) is 0 Å². The Kier molecular flexibility index (Phi) is 6.95. The van der Waals surface area contributed by atoms with Gasteiger partial charge in [0.2, 0.25) is 5.91 Å². The first-order chi connectivity index (χ1) is 14.2. The van der Waals surface area contributed by atoms with Gasteiger partial charge in [-0.05, 0) is 58.7 Å². The van der Waals surface area contributed by atoms with E-state index in [4.69, 9.17) is 0 Å². The van der Waals surface area contributed by atoms with Crippen LogP contribution in [0.2, 0.25) is 0 Å². The molecule has 0 radical (unpaired) electrons. The number of amides is 1. The topological polar surface area (TPSA) is 46.9 Å². The van der Waals surface area contributed by atoms with Gasteiger partial charge in [-0.15, -0.1) is 0 Å². The number of nitrogens with zero attached hydrogens (tertiary/aromatic N) is 2. The summed E-state index contributed by atoms with van der Waals surface area (Å²) in [5, 5.41) is 6.66. The maximum Gasteiger partial charge on any atom is 0.436 e. The van der Waals surface area contributed by atoms with Crippen LogP contribution in [-0.4, -0.2) is 15.7 Å². The SMILES string of the molecule is CCC(C)c1ccc(C(CC)NC(=O)Cn2nc(C(F)(F)F)c(Br)c2C2CC2)cc1. The lowest BCUT2D eigenvalue weighted by Crippen LogP contribution is -2.32. The Hall–Kier alpha value is -1.83. The number of benzene rings is 1. The second-order valence-corrected chi connectivity index (χ2v) is 8.77. The molecule has 2 unspecified atom stereocenters. The highest BCUT2D eigenvalue weighted by molar-refractivity contribution is 9.10. The summed E-state index contributed by atoms with van der Waals surface area (Å²) < 4.78 is 40.9. The summed E-state index contributed by atoms with van der Waals surface area (Å²) in [6.45, 7) is 6.04. The fourth-order valence-electron chi connectivity index (χ4n) is 3.59. The van der Waals surface area contributed by atoms with Crippen molar-refractivity contribution < 1.29 is 18.0 Å². The van der Waals surface area contributed by atoms with Crippen molar-refractivity contribution in [2.45, 2.75) is 77.1 Å². The van der Waals surface area contributed by atoms with Gasteiger partial charge < -0.3 is 5.32 Å². The molecule has 0 aliphatic heterocycles. The molecule has 1 saturated carbocycles. The molecule has 1 aromatic carbocycles. The predicted molar refractivity (Wildman–Crippen MR) is 113 cm³/mol. The fraction of sp³-hybridized carbons (Fsp3) is 0.545. The number of carbonyl (C=O) groups excluding carboxylic acids is 1. The lowest BCUT2D eigenvalue weighted by Gasteiger charge is -2.19. The molecule has 1 aliphatic rings. The quantitative estimate of drug-likeness (QED) is 0.475. The van der Waals surface area contributed by atoms with Gasteiger partial charge in [0.05, 0.1) is 16.2 Å². The van der Waals surface area contributed by atoms with Gasteiger partial charge in [0.1, 0.15) is 6.54 Å². The first-order valence-corrected chi connectivity index (χ1v) is 11.2. The second-order valence-electron chi connectivity index (χ2n) is 7.98. The number of rotatable bonds is 8. The highest BCUT2D eigenvalue weighted by atomic mass is 79.9. The van der Waals surface area contributed by atoms with Crippen LogP contribution in [0.15, 0.2) is 28.7 Å². The molecule has 1 fully saturated rings. The van der Waals surface area contributed by atoms with Crippen molar-refractivity contribution in [1.82, 2.24) is 15.1 Å². The van der Waals surface area contributed by atoms with Gasteiger partial charge in [0.25, 0.3) is 0 Å². The summed E-state index contributed by atoms with van der Waals surface area (Å²) in [5.74, 6) is 0.139. The van der Waals surface area contributed by atoms with Crippen LogP contribution in [0.5, 0.6) is 0 Å². The van der Waals surface area contributed by atoms with Crippen LogP contribution in [0.25, 0.3) is 0 Å². The van der Waals surface area contributed by atoms with Crippen LogP contribution >= 0.6 is 15.9 Å². The van der Waals surface area contributed by atoms with E-state index in [0.717, 1.165) is 24.8 Å². The van der Waals surface area contributed by atoms with Gasteiger partial charge in [-0.3, -0.25) is 9.48 Å². The van der Waals surface area contributed by atoms with Crippen LogP contribution in [0.4, 0.5) is 13.2 Å². The van der Waals surface area contributed by atoms with E-state index in [1.165, 1.54) is 10.2 Å². The zero-order valence-corrected chi connectivity index (χ0v) is 19.0. The molecule has 8 heteroatoms. The Bertz CT molecular complexity index is 888. The Morgan fingerprint density at radius 2 is 1.80 bits per heavy atom. The van der Waals surface area contributed by atoms with E-state index in [0.29, 0.717) is 18.0 Å². The first kappa shape index (κ1) is 22.8.